The first-order valence-corrected chi connectivity index (χ1v) is 9.59. The number of amides is 1. The standard InChI is InChI=1S/C21H26N2O3/c1-25-17-9-7-16(8-10-17)21(11-3-2-4-12-21)14-22-20(24)18-13-19(26-23-18)15-5-6-15/h7-10,13,15H,2-6,11-12,14H2,1H3,(H,22,24). The minimum absolute atomic E-state index is 0.0107. The van der Waals surface area contributed by atoms with Crippen LogP contribution in [0.3, 0.4) is 0 Å². The van der Waals surface area contributed by atoms with E-state index in [1.807, 2.05) is 12.1 Å². The van der Waals surface area contributed by atoms with Crippen molar-refractivity contribution in [3.05, 3.63) is 47.3 Å². The van der Waals surface area contributed by atoms with Crippen molar-refractivity contribution in [3.8, 4) is 5.75 Å². The van der Waals surface area contributed by atoms with E-state index in [4.69, 9.17) is 9.26 Å². The van der Waals surface area contributed by atoms with E-state index in [0.717, 1.165) is 37.2 Å². The maximum atomic E-state index is 12.6. The van der Waals surface area contributed by atoms with Gasteiger partial charge in [-0.3, -0.25) is 4.79 Å². The van der Waals surface area contributed by atoms with Gasteiger partial charge in [0.2, 0.25) is 0 Å². The number of ether oxygens (including phenoxy) is 1. The van der Waals surface area contributed by atoms with Gasteiger partial charge >= 0.3 is 0 Å². The highest BCUT2D eigenvalue weighted by Crippen LogP contribution is 2.41. The predicted molar refractivity (Wildman–Crippen MR) is 98.6 cm³/mol. The van der Waals surface area contributed by atoms with Gasteiger partial charge in [-0.2, -0.15) is 0 Å². The Balaban J connectivity index is 1.48. The number of methoxy groups -OCH3 is 1. The van der Waals surface area contributed by atoms with Crippen molar-refractivity contribution < 1.29 is 14.1 Å². The molecule has 2 fully saturated rings. The summed E-state index contributed by atoms with van der Waals surface area (Å²) in [4.78, 5) is 12.6. The Bertz CT molecular complexity index is 756. The van der Waals surface area contributed by atoms with E-state index in [9.17, 15) is 4.79 Å². The first-order chi connectivity index (χ1) is 12.7. The molecule has 0 spiro atoms. The van der Waals surface area contributed by atoms with Crippen molar-refractivity contribution in [1.29, 1.82) is 0 Å². The quantitative estimate of drug-likeness (QED) is 0.845. The third-order valence-corrected chi connectivity index (χ3v) is 5.84. The number of aromatic nitrogens is 1. The maximum Gasteiger partial charge on any atom is 0.273 e. The van der Waals surface area contributed by atoms with E-state index < -0.39 is 0 Å². The molecule has 1 heterocycles. The van der Waals surface area contributed by atoms with Crippen LogP contribution in [0.1, 0.15) is 72.7 Å². The van der Waals surface area contributed by atoms with E-state index in [1.54, 1.807) is 13.2 Å². The lowest BCUT2D eigenvalue weighted by Crippen LogP contribution is -2.42. The number of nitrogens with zero attached hydrogens (tertiary/aromatic N) is 1. The van der Waals surface area contributed by atoms with Crippen molar-refractivity contribution in [2.75, 3.05) is 13.7 Å². The molecule has 0 radical (unpaired) electrons. The Morgan fingerprint density at radius 3 is 2.62 bits per heavy atom. The maximum absolute atomic E-state index is 12.6. The van der Waals surface area contributed by atoms with E-state index in [2.05, 4.69) is 22.6 Å². The molecule has 2 aliphatic carbocycles. The molecule has 0 aliphatic heterocycles. The zero-order valence-corrected chi connectivity index (χ0v) is 15.3. The van der Waals surface area contributed by atoms with E-state index >= 15 is 0 Å². The van der Waals surface area contributed by atoms with Gasteiger partial charge in [0, 0.05) is 23.9 Å². The second kappa shape index (κ2) is 7.14. The topological polar surface area (TPSA) is 64.4 Å². The predicted octanol–water partition coefficient (Wildman–Crippen LogP) is 4.19. The van der Waals surface area contributed by atoms with E-state index in [1.165, 1.54) is 24.8 Å². The van der Waals surface area contributed by atoms with Gasteiger partial charge in [0.05, 0.1) is 7.11 Å². The Hall–Kier alpha value is -2.30. The number of benzene rings is 1. The second-order valence-corrected chi connectivity index (χ2v) is 7.64. The molecular weight excluding hydrogens is 328 g/mol. The van der Waals surface area contributed by atoms with Crippen LogP contribution in [0, 0.1) is 0 Å². The lowest BCUT2D eigenvalue weighted by atomic mass is 9.69. The largest absolute Gasteiger partial charge is 0.497 e. The Morgan fingerprint density at radius 2 is 1.96 bits per heavy atom. The monoisotopic (exact) mass is 354 g/mol. The summed E-state index contributed by atoms with van der Waals surface area (Å²) in [5, 5.41) is 7.07. The molecule has 138 valence electrons. The van der Waals surface area contributed by atoms with Crippen LogP contribution in [0.15, 0.2) is 34.9 Å². The molecule has 0 unspecified atom stereocenters. The summed E-state index contributed by atoms with van der Waals surface area (Å²) in [6.07, 6.45) is 8.10. The molecule has 1 amide bonds. The number of nitrogens with one attached hydrogen (secondary N) is 1. The summed E-state index contributed by atoms with van der Waals surface area (Å²) in [6.45, 7) is 0.629. The zero-order chi connectivity index (χ0) is 18.0. The van der Waals surface area contributed by atoms with Crippen LogP contribution in [0.25, 0.3) is 0 Å². The minimum atomic E-state index is -0.140. The molecule has 5 heteroatoms. The van der Waals surface area contributed by atoms with Crippen LogP contribution in [0.2, 0.25) is 0 Å². The highest BCUT2D eigenvalue weighted by molar-refractivity contribution is 5.92. The summed E-state index contributed by atoms with van der Waals surface area (Å²) < 4.78 is 10.6. The second-order valence-electron chi connectivity index (χ2n) is 7.64. The van der Waals surface area contributed by atoms with Crippen LogP contribution in [-0.2, 0) is 5.41 Å². The van der Waals surface area contributed by atoms with Gasteiger partial charge in [0.15, 0.2) is 5.69 Å². The molecule has 2 aromatic rings. The van der Waals surface area contributed by atoms with Gasteiger partial charge in [0.1, 0.15) is 11.5 Å². The van der Waals surface area contributed by atoms with Crippen LogP contribution in [0.5, 0.6) is 5.75 Å². The molecule has 4 rings (SSSR count). The average molecular weight is 354 g/mol. The zero-order valence-electron chi connectivity index (χ0n) is 15.3. The van der Waals surface area contributed by atoms with Gasteiger partial charge in [-0.15, -0.1) is 0 Å². The summed E-state index contributed by atoms with van der Waals surface area (Å²) in [7, 11) is 1.68. The fourth-order valence-corrected chi connectivity index (χ4v) is 4.04. The average Bonchev–Trinajstić information content (AvgIpc) is 3.43. The highest BCUT2D eigenvalue weighted by Gasteiger charge is 2.35. The van der Waals surface area contributed by atoms with Crippen molar-refractivity contribution in [2.45, 2.75) is 56.3 Å². The SMILES string of the molecule is COc1ccc(C2(CNC(=O)c3cc(C4CC4)on3)CCCCC2)cc1. The third-order valence-electron chi connectivity index (χ3n) is 5.84. The molecule has 26 heavy (non-hydrogen) atoms. The Kier molecular flexibility index (Phi) is 4.70. The molecule has 0 atom stereocenters. The third kappa shape index (κ3) is 3.48. The minimum Gasteiger partial charge on any atom is -0.497 e. The molecule has 5 nitrogen and oxygen atoms in total. The highest BCUT2D eigenvalue weighted by atomic mass is 16.5. The Labute approximate surface area is 154 Å². The fourth-order valence-electron chi connectivity index (χ4n) is 4.04. The van der Waals surface area contributed by atoms with Crippen molar-refractivity contribution in [1.82, 2.24) is 10.5 Å². The molecule has 1 aromatic carbocycles. The summed E-state index contributed by atoms with van der Waals surface area (Å²) in [5.74, 6) is 2.03. The van der Waals surface area contributed by atoms with Crippen molar-refractivity contribution in [3.63, 3.8) is 0 Å². The van der Waals surface area contributed by atoms with Crippen molar-refractivity contribution in [2.24, 2.45) is 0 Å². The molecule has 1 N–H and O–H groups in total. The van der Waals surface area contributed by atoms with Crippen LogP contribution in [-0.4, -0.2) is 24.7 Å². The van der Waals surface area contributed by atoms with Crippen LogP contribution in [0.4, 0.5) is 0 Å². The molecular formula is C21H26N2O3. The fraction of sp³-hybridized carbons (Fsp3) is 0.524. The molecule has 1 aromatic heterocycles. The summed E-state index contributed by atoms with van der Waals surface area (Å²) in [5.41, 5.74) is 1.66. The summed E-state index contributed by atoms with van der Waals surface area (Å²) >= 11 is 0. The molecule has 0 saturated heterocycles. The first kappa shape index (κ1) is 17.1. The summed E-state index contributed by atoms with van der Waals surface area (Å²) in [6, 6.07) is 10.1. The number of hydrogen-bond acceptors (Lipinski definition) is 4. The molecule has 2 saturated carbocycles. The van der Waals surface area contributed by atoms with Crippen LogP contribution < -0.4 is 10.1 Å². The smallest absolute Gasteiger partial charge is 0.273 e. The van der Waals surface area contributed by atoms with E-state index in [-0.39, 0.29) is 11.3 Å². The first-order valence-electron chi connectivity index (χ1n) is 9.59. The Morgan fingerprint density at radius 1 is 1.23 bits per heavy atom. The number of rotatable bonds is 6. The lowest BCUT2D eigenvalue weighted by molar-refractivity contribution is 0.0927. The van der Waals surface area contributed by atoms with Crippen molar-refractivity contribution >= 4 is 5.91 Å². The number of hydrogen-bond donors (Lipinski definition) is 1. The normalized spacial score (nSPS) is 19.1. The van der Waals surface area contributed by atoms with Gasteiger partial charge < -0.3 is 14.6 Å². The molecule has 2 aliphatic rings. The number of carbonyl (C=O) groups is 1. The van der Waals surface area contributed by atoms with E-state index in [0.29, 0.717) is 18.2 Å². The lowest BCUT2D eigenvalue weighted by Gasteiger charge is -2.38. The van der Waals surface area contributed by atoms with Gasteiger partial charge in [-0.1, -0.05) is 36.6 Å². The molecule has 0 bridgehead atoms. The van der Waals surface area contributed by atoms with Gasteiger partial charge in [0.25, 0.3) is 5.91 Å². The van der Waals surface area contributed by atoms with Crippen LogP contribution >= 0.6 is 0 Å². The van der Waals surface area contributed by atoms with Gasteiger partial charge in [-0.05, 0) is 43.4 Å². The number of carbonyl (C=O) groups excluding carboxylic acids is 1. The van der Waals surface area contributed by atoms with Gasteiger partial charge in [-0.25, -0.2) is 0 Å².